The van der Waals surface area contributed by atoms with Gasteiger partial charge in [0.15, 0.2) is 0 Å². The van der Waals surface area contributed by atoms with E-state index in [-0.39, 0.29) is 0 Å². The van der Waals surface area contributed by atoms with Crippen LogP contribution in [0.5, 0.6) is 0 Å². The van der Waals surface area contributed by atoms with Crippen molar-refractivity contribution in [3.63, 3.8) is 0 Å². The van der Waals surface area contributed by atoms with Gasteiger partial charge in [0.05, 0.1) is 17.3 Å². The molecule has 3 rings (SSSR count). The highest BCUT2D eigenvalue weighted by Crippen LogP contribution is 2.29. The molecule has 1 aromatic heterocycles. The number of rotatable bonds is 3. The Bertz CT molecular complexity index is 728. The number of nitrogens with zero attached hydrogens (tertiary/aromatic N) is 3. The number of likely N-dealkylation sites (tertiary alicyclic amines) is 1. The molecular formula is C15H17Cl2N3OS. The predicted molar refractivity (Wildman–Crippen MR) is 90.8 cm³/mol. The van der Waals surface area contributed by atoms with Gasteiger partial charge < -0.3 is 4.42 Å². The Morgan fingerprint density at radius 3 is 2.91 bits per heavy atom. The molecule has 0 N–H and O–H groups in total. The lowest BCUT2D eigenvalue weighted by atomic mass is 10.0. The summed E-state index contributed by atoms with van der Waals surface area (Å²) in [5.74, 6) is 0.427. The maximum atomic E-state index is 6.20. The zero-order chi connectivity index (χ0) is 15.7. The molecule has 4 nitrogen and oxygen atoms in total. The molecule has 0 bridgehead atoms. The highest BCUT2D eigenvalue weighted by molar-refractivity contribution is 7.71. The Kier molecular flexibility index (Phi) is 4.88. The average molecular weight is 358 g/mol. The SMILES string of the molecule is CC1CCCCN1Cn1nc(-c2ccc(Cl)cc2Cl)oc1=S. The molecule has 0 aliphatic carbocycles. The van der Waals surface area contributed by atoms with Crippen molar-refractivity contribution >= 4 is 35.4 Å². The van der Waals surface area contributed by atoms with E-state index >= 15 is 0 Å². The Balaban J connectivity index is 1.86. The molecule has 1 fully saturated rings. The van der Waals surface area contributed by atoms with E-state index in [9.17, 15) is 0 Å². The second kappa shape index (κ2) is 6.71. The second-order valence-corrected chi connectivity index (χ2v) is 6.79. The summed E-state index contributed by atoms with van der Waals surface area (Å²) < 4.78 is 7.33. The second-order valence-electron chi connectivity index (χ2n) is 5.60. The van der Waals surface area contributed by atoms with Crippen molar-refractivity contribution in [2.75, 3.05) is 6.54 Å². The Labute approximate surface area is 144 Å². The molecule has 22 heavy (non-hydrogen) atoms. The van der Waals surface area contributed by atoms with Gasteiger partial charge in [0.25, 0.3) is 4.84 Å². The van der Waals surface area contributed by atoms with Gasteiger partial charge in [0.1, 0.15) is 0 Å². The number of aromatic nitrogens is 2. The molecule has 2 heterocycles. The van der Waals surface area contributed by atoms with E-state index in [0.717, 1.165) is 6.54 Å². The number of benzene rings is 1. The molecule has 1 atom stereocenters. The van der Waals surface area contributed by atoms with Crippen molar-refractivity contribution in [2.45, 2.75) is 38.9 Å². The summed E-state index contributed by atoms with van der Waals surface area (Å²) in [6, 6.07) is 5.75. The maximum absolute atomic E-state index is 6.20. The fourth-order valence-electron chi connectivity index (χ4n) is 2.71. The minimum atomic E-state index is 0.360. The summed E-state index contributed by atoms with van der Waals surface area (Å²) in [5, 5.41) is 5.56. The highest BCUT2D eigenvalue weighted by atomic mass is 35.5. The third kappa shape index (κ3) is 3.38. The van der Waals surface area contributed by atoms with Gasteiger partial charge in [-0.25, -0.2) is 4.68 Å². The zero-order valence-corrected chi connectivity index (χ0v) is 14.6. The number of hydrogen-bond acceptors (Lipinski definition) is 4. The van der Waals surface area contributed by atoms with Crippen LogP contribution in [0.1, 0.15) is 26.2 Å². The molecule has 0 spiro atoms. The van der Waals surface area contributed by atoms with Gasteiger partial charge in [-0.2, -0.15) is 0 Å². The quantitative estimate of drug-likeness (QED) is 0.722. The molecule has 0 radical (unpaired) electrons. The summed E-state index contributed by atoms with van der Waals surface area (Å²) in [6.07, 6.45) is 3.71. The van der Waals surface area contributed by atoms with Crippen molar-refractivity contribution < 1.29 is 4.42 Å². The monoisotopic (exact) mass is 357 g/mol. The van der Waals surface area contributed by atoms with E-state index in [1.54, 1.807) is 22.9 Å². The van der Waals surface area contributed by atoms with Crippen LogP contribution in [-0.2, 0) is 6.67 Å². The fourth-order valence-corrected chi connectivity index (χ4v) is 3.37. The summed E-state index contributed by atoms with van der Waals surface area (Å²) in [7, 11) is 0. The van der Waals surface area contributed by atoms with Gasteiger partial charge in [-0.05, 0) is 50.2 Å². The van der Waals surface area contributed by atoms with Crippen LogP contribution in [0.3, 0.4) is 0 Å². The van der Waals surface area contributed by atoms with Gasteiger partial charge in [0.2, 0.25) is 5.89 Å². The van der Waals surface area contributed by atoms with Gasteiger partial charge in [-0.3, -0.25) is 4.90 Å². The van der Waals surface area contributed by atoms with Crippen molar-refractivity contribution in [3.05, 3.63) is 33.1 Å². The van der Waals surface area contributed by atoms with Crippen molar-refractivity contribution in [2.24, 2.45) is 0 Å². The van der Waals surface area contributed by atoms with Crippen molar-refractivity contribution in [3.8, 4) is 11.5 Å². The van der Waals surface area contributed by atoms with Crippen LogP contribution in [0.15, 0.2) is 22.6 Å². The van der Waals surface area contributed by atoms with Crippen LogP contribution in [0.2, 0.25) is 10.0 Å². The molecule has 1 saturated heterocycles. The summed E-state index contributed by atoms with van der Waals surface area (Å²) in [5.41, 5.74) is 0.697. The standard InChI is InChI=1S/C15H17Cl2N3OS/c1-10-4-2-3-7-19(10)9-20-15(22)21-14(18-20)12-6-5-11(16)8-13(12)17/h5-6,8,10H,2-4,7,9H2,1H3. The fraction of sp³-hybridized carbons (Fsp3) is 0.467. The van der Waals surface area contributed by atoms with Crippen LogP contribution in [0.25, 0.3) is 11.5 Å². The van der Waals surface area contributed by atoms with E-state index in [1.165, 1.54) is 19.3 Å². The first-order valence-corrected chi connectivity index (χ1v) is 8.48. The molecular weight excluding hydrogens is 341 g/mol. The molecule has 118 valence electrons. The minimum absolute atomic E-state index is 0.360. The van der Waals surface area contributed by atoms with Crippen molar-refractivity contribution in [1.29, 1.82) is 0 Å². The first-order chi connectivity index (χ1) is 10.5. The van der Waals surface area contributed by atoms with Crippen molar-refractivity contribution in [1.82, 2.24) is 14.7 Å². The highest BCUT2D eigenvalue weighted by Gasteiger charge is 2.20. The first kappa shape index (κ1) is 16.0. The number of halogens is 2. The lowest BCUT2D eigenvalue weighted by Gasteiger charge is -2.32. The van der Waals surface area contributed by atoms with Gasteiger partial charge in [-0.1, -0.05) is 29.6 Å². The third-order valence-corrected chi connectivity index (χ3v) is 4.87. The van der Waals surface area contributed by atoms with E-state index in [4.69, 9.17) is 39.8 Å². The van der Waals surface area contributed by atoms with Crippen LogP contribution >= 0.6 is 35.4 Å². The lowest BCUT2D eigenvalue weighted by Crippen LogP contribution is -2.38. The topological polar surface area (TPSA) is 34.2 Å². The number of hydrogen-bond donors (Lipinski definition) is 0. The van der Waals surface area contributed by atoms with Crippen LogP contribution in [0.4, 0.5) is 0 Å². The Hall–Kier alpha value is -0.880. The average Bonchev–Trinajstić information content (AvgIpc) is 2.82. The molecule has 0 amide bonds. The number of piperidine rings is 1. The minimum Gasteiger partial charge on any atom is -0.409 e. The first-order valence-electron chi connectivity index (χ1n) is 7.32. The molecule has 1 aromatic carbocycles. The molecule has 0 saturated carbocycles. The third-order valence-electron chi connectivity index (χ3n) is 4.02. The predicted octanol–water partition coefficient (Wildman–Crippen LogP) is 5.01. The Morgan fingerprint density at radius 1 is 1.36 bits per heavy atom. The summed E-state index contributed by atoms with van der Waals surface area (Å²) in [6.45, 7) is 3.95. The van der Waals surface area contributed by atoms with Crippen LogP contribution in [-0.4, -0.2) is 27.3 Å². The smallest absolute Gasteiger partial charge is 0.288 e. The van der Waals surface area contributed by atoms with E-state index in [0.29, 0.717) is 39.0 Å². The molecule has 1 aliphatic heterocycles. The van der Waals surface area contributed by atoms with Crippen LogP contribution in [0, 0.1) is 4.84 Å². The summed E-state index contributed by atoms with van der Waals surface area (Å²) >= 11 is 17.4. The molecule has 2 aromatic rings. The normalized spacial score (nSPS) is 19.5. The summed E-state index contributed by atoms with van der Waals surface area (Å²) in [4.78, 5) is 2.73. The zero-order valence-electron chi connectivity index (χ0n) is 12.3. The molecule has 1 aliphatic rings. The maximum Gasteiger partial charge on any atom is 0.288 e. The van der Waals surface area contributed by atoms with Gasteiger partial charge in [-0.15, -0.1) is 5.10 Å². The van der Waals surface area contributed by atoms with E-state index < -0.39 is 0 Å². The molecule has 1 unspecified atom stereocenters. The van der Waals surface area contributed by atoms with Gasteiger partial charge in [0, 0.05) is 17.6 Å². The Morgan fingerprint density at radius 2 is 2.18 bits per heavy atom. The molecule has 7 heteroatoms. The van der Waals surface area contributed by atoms with Crippen LogP contribution < -0.4 is 0 Å². The lowest BCUT2D eigenvalue weighted by molar-refractivity contribution is 0.113. The largest absolute Gasteiger partial charge is 0.409 e. The van der Waals surface area contributed by atoms with E-state index in [1.807, 2.05) is 0 Å². The van der Waals surface area contributed by atoms with Gasteiger partial charge >= 0.3 is 0 Å². The van der Waals surface area contributed by atoms with E-state index in [2.05, 4.69) is 16.9 Å².